The first kappa shape index (κ1) is 16.0. The van der Waals surface area contributed by atoms with E-state index in [0.717, 1.165) is 5.56 Å². The number of phenolic OH excluding ortho intramolecular Hbond substituents is 1. The Balaban J connectivity index is 2.33. The van der Waals surface area contributed by atoms with E-state index in [-0.39, 0.29) is 30.4 Å². The highest BCUT2D eigenvalue weighted by atomic mass is 16.4. The minimum Gasteiger partial charge on any atom is -0.508 e. The number of phenols is 1. The third kappa shape index (κ3) is 5.73. The van der Waals surface area contributed by atoms with Crippen LogP contribution in [0.5, 0.6) is 5.75 Å². The van der Waals surface area contributed by atoms with Crippen molar-refractivity contribution < 1.29 is 19.8 Å². The van der Waals surface area contributed by atoms with Crippen molar-refractivity contribution >= 4 is 11.9 Å². The Morgan fingerprint density at radius 3 is 2.60 bits per heavy atom. The molecule has 0 saturated carbocycles. The molecule has 1 unspecified atom stereocenters. The second-order valence-electron chi connectivity index (χ2n) is 4.80. The third-order valence-electron chi connectivity index (χ3n) is 3.24. The van der Waals surface area contributed by atoms with Crippen LogP contribution >= 0.6 is 0 Å². The maximum absolute atomic E-state index is 11.7. The Morgan fingerprint density at radius 1 is 1.30 bits per heavy atom. The van der Waals surface area contributed by atoms with Crippen LogP contribution in [0.15, 0.2) is 24.3 Å². The van der Waals surface area contributed by atoms with E-state index in [1.54, 1.807) is 18.2 Å². The van der Waals surface area contributed by atoms with E-state index in [2.05, 4.69) is 5.32 Å². The molecule has 1 aromatic carbocycles. The molecule has 0 fully saturated rings. The number of carbonyl (C=O) groups is 2. The molecule has 5 nitrogen and oxygen atoms in total. The lowest BCUT2D eigenvalue weighted by Gasteiger charge is -2.13. The number of hydrogen-bond donors (Lipinski definition) is 3. The average Bonchev–Trinajstić information content (AvgIpc) is 2.42. The summed E-state index contributed by atoms with van der Waals surface area (Å²) in [4.78, 5) is 22.3. The van der Waals surface area contributed by atoms with Crippen molar-refractivity contribution in [1.82, 2.24) is 5.32 Å². The van der Waals surface area contributed by atoms with Crippen LogP contribution in [0.2, 0.25) is 0 Å². The normalized spacial score (nSPS) is 11.8. The van der Waals surface area contributed by atoms with Gasteiger partial charge in [0.25, 0.3) is 0 Å². The van der Waals surface area contributed by atoms with Crippen LogP contribution in [0.1, 0.15) is 31.7 Å². The van der Waals surface area contributed by atoms with Gasteiger partial charge in [0.15, 0.2) is 0 Å². The minimum atomic E-state index is -0.847. The molecule has 5 heteroatoms. The smallest absolute Gasteiger partial charge is 0.303 e. The quantitative estimate of drug-likeness (QED) is 0.678. The molecule has 0 aromatic heterocycles. The summed E-state index contributed by atoms with van der Waals surface area (Å²) in [5.41, 5.74) is 0.736. The fourth-order valence-electron chi connectivity index (χ4n) is 1.92. The number of aliphatic carboxylic acids is 1. The van der Waals surface area contributed by atoms with Crippen molar-refractivity contribution in [3.8, 4) is 5.75 Å². The molecule has 1 amide bonds. The van der Waals surface area contributed by atoms with E-state index < -0.39 is 5.97 Å². The molecule has 20 heavy (non-hydrogen) atoms. The van der Waals surface area contributed by atoms with Crippen molar-refractivity contribution in [2.45, 2.75) is 32.6 Å². The van der Waals surface area contributed by atoms with E-state index >= 15 is 0 Å². The van der Waals surface area contributed by atoms with Gasteiger partial charge in [-0.25, -0.2) is 0 Å². The largest absolute Gasteiger partial charge is 0.508 e. The monoisotopic (exact) mass is 279 g/mol. The van der Waals surface area contributed by atoms with Gasteiger partial charge in [-0.15, -0.1) is 0 Å². The van der Waals surface area contributed by atoms with Gasteiger partial charge in [-0.2, -0.15) is 0 Å². The lowest BCUT2D eigenvalue weighted by molar-refractivity contribution is -0.138. The van der Waals surface area contributed by atoms with Crippen LogP contribution in [0.25, 0.3) is 0 Å². The molecular formula is C15H21NO4. The molecule has 1 rings (SSSR count). The number of aryl methyl sites for hydroxylation is 1. The Hall–Kier alpha value is -2.04. The average molecular weight is 279 g/mol. The van der Waals surface area contributed by atoms with Crippen LogP contribution in [0, 0.1) is 5.92 Å². The molecular weight excluding hydrogens is 258 g/mol. The molecule has 0 aliphatic heterocycles. The molecule has 0 aliphatic rings. The van der Waals surface area contributed by atoms with E-state index in [4.69, 9.17) is 5.11 Å². The van der Waals surface area contributed by atoms with Crippen LogP contribution in [-0.4, -0.2) is 28.6 Å². The number of carbonyl (C=O) groups excluding carboxylic acids is 1. The van der Waals surface area contributed by atoms with Gasteiger partial charge in [0, 0.05) is 19.4 Å². The van der Waals surface area contributed by atoms with Gasteiger partial charge in [0.1, 0.15) is 5.75 Å². The zero-order chi connectivity index (χ0) is 15.0. The molecule has 0 bridgehead atoms. The van der Waals surface area contributed by atoms with Crippen molar-refractivity contribution in [3.63, 3.8) is 0 Å². The highest BCUT2D eigenvalue weighted by Gasteiger charge is 2.12. The van der Waals surface area contributed by atoms with Gasteiger partial charge in [0.2, 0.25) is 5.91 Å². The summed E-state index contributed by atoms with van der Waals surface area (Å²) < 4.78 is 0. The Kier molecular flexibility index (Phi) is 6.56. The summed E-state index contributed by atoms with van der Waals surface area (Å²) >= 11 is 0. The Labute approximate surface area is 118 Å². The molecule has 110 valence electrons. The molecule has 0 saturated heterocycles. The molecule has 0 aliphatic carbocycles. The number of hydrogen-bond acceptors (Lipinski definition) is 3. The third-order valence-corrected chi connectivity index (χ3v) is 3.24. The first-order valence-corrected chi connectivity index (χ1v) is 6.78. The van der Waals surface area contributed by atoms with E-state index in [1.807, 2.05) is 13.0 Å². The van der Waals surface area contributed by atoms with Gasteiger partial charge < -0.3 is 15.5 Å². The number of nitrogens with one attached hydrogen (secondary N) is 1. The van der Waals surface area contributed by atoms with Gasteiger partial charge in [0.05, 0.1) is 0 Å². The zero-order valence-corrected chi connectivity index (χ0v) is 11.6. The fraction of sp³-hybridized carbons (Fsp3) is 0.467. The summed E-state index contributed by atoms with van der Waals surface area (Å²) in [6.07, 6.45) is 1.53. The van der Waals surface area contributed by atoms with Crippen LogP contribution in [0.3, 0.4) is 0 Å². The number of amides is 1. The molecule has 0 radical (unpaired) electrons. The van der Waals surface area contributed by atoms with Crippen LogP contribution in [0.4, 0.5) is 0 Å². The molecule has 1 atom stereocenters. The number of rotatable bonds is 8. The van der Waals surface area contributed by atoms with Crippen molar-refractivity contribution in [2.24, 2.45) is 5.92 Å². The van der Waals surface area contributed by atoms with Crippen LogP contribution < -0.4 is 5.32 Å². The predicted octanol–water partition coefficient (Wildman–Crippen LogP) is 1.94. The predicted molar refractivity (Wildman–Crippen MR) is 75.5 cm³/mol. The molecule has 1 aromatic rings. The van der Waals surface area contributed by atoms with Crippen molar-refractivity contribution in [1.29, 1.82) is 0 Å². The van der Waals surface area contributed by atoms with Gasteiger partial charge >= 0.3 is 5.97 Å². The summed E-state index contributed by atoms with van der Waals surface area (Å²) in [5, 5.41) is 21.0. The van der Waals surface area contributed by atoms with Gasteiger partial charge in [-0.05, 0) is 24.0 Å². The fourth-order valence-corrected chi connectivity index (χ4v) is 1.92. The van der Waals surface area contributed by atoms with Gasteiger partial charge in [-0.1, -0.05) is 31.5 Å². The Morgan fingerprint density at radius 2 is 2.00 bits per heavy atom. The number of carboxylic acid groups (broad SMARTS) is 1. The van der Waals surface area contributed by atoms with Crippen molar-refractivity contribution in [3.05, 3.63) is 29.8 Å². The van der Waals surface area contributed by atoms with E-state index in [0.29, 0.717) is 19.4 Å². The maximum atomic E-state index is 11.7. The Bertz CT molecular complexity index is 459. The SMILES string of the molecule is CCC(CNC(=O)CCc1ccccc1O)CC(=O)O. The summed E-state index contributed by atoms with van der Waals surface area (Å²) in [6, 6.07) is 6.92. The molecule has 0 heterocycles. The first-order chi connectivity index (χ1) is 9.52. The summed E-state index contributed by atoms with van der Waals surface area (Å²) in [5.74, 6) is -0.823. The minimum absolute atomic E-state index is 0.0402. The highest BCUT2D eigenvalue weighted by molar-refractivity contribution is 5.76. The van der Waals surface area contributed by atoms with E-state index in [1.165, 1.54) is 0 Å². The zero-order valence-electron chi connectivity index (χ0n) is 11.6. The summed E-state index contributed by atoms with van der Waals surface area (Å²) in [7, 11) is 0. The summed E-state index contributed by atoms with van der Waals surface area (Å²) in [6.45, 7) is 2.28. The number of aromatic hydroxyl groups is 1. The number of carboxylic acids is 1. The molecule has 3 N–H and O–H groups in total. The van der Waals surface area contributed by atoms with Gasteiger partial charge in [-0.3, -0.25) is 9.59 Å². The van der Waals surface area contributed by atoms with Crippen LogP contribution in [-0.2, 0) is 16.0 Å². The first-order valence-electron chi connectivity index (χ1n) is 6.78. The number of para-hydroxylation sites is 1. The second kappa shape index (κ2) is 8.19. The topological polar surface area (TPSA) is 86.6 Å². The number of benzene rings is 1. The highest BCUT2D eigenvalue weighted by Crippen LogP contribution is 2.17. The lowest BCUT2D eigenvalue weighted by atomic mass is 10.0. The second-order valence-corrected chi connectivity index (χ2v) is 4.80. The maximum Gasteiger partial charge on any atom is 0.303 e. The van der Waals surface area contributed by atoms with Crippen molar-refractivity contribution in [2.75, 3.05) is 6.54 Å². The lowest BCUT2D eigenvalue weighted by Crippen LogP contribution is -2.30. The standard InChI is InChI=1S/C15H21NO4/c1-2-11(9-15(19)20)10-16-14(18)8-7-12-5-3-4-6-13(12)17/h3-6,11,17H,2,7-10H2,1H3,(H,16,18)(H,19,20). The van der Waals surface area contributed by atoms with E-state index in [9.17, 15) is 14.7 Å². The molecule has 0 spiro atoms.